The Kier molecular flexibility index (Phi) is 4.14. The van der Waals surface area contributed by atoms with Crippen LogP contribution in [0.4, 0.5) is 0 Å². The summed E-state index contributed by atoms with van der Waals surface area (Å²) in [7, 11) is 1.73. The monoisotopic (exact) mass is 308 g/mol. The lowest BCUT2D eigenvalue weighted by Crippen LogP contribution is -2.30. The smallest absolute Gasteiger partial charge is 0.274 e. The van der Waals surface area contributed by atoms with Gasteiger partial charge in [-0.25, -0.2) is 5.10 Å². The van der Waals surface area contributed by atoms with Crippen LogP contribution in [0.3, 0.4) is 0 Å². The van der Waals surface area contributed by atoms with Crippen LogP contribution in [0.1, 0.15) is 16.1 Å². The van der Waals surface area contributed by atoms with Crippen LogP contribution in [-0.2, 0) is 6.42 Å². The van der Waals surface area contributed by atoms with Gasteiger partial charge in [0.2, 0.25) is 0 Å². The molecule has 0 aliphatic carbocycles. The van der Waals surface area contributed by atoms with Crippen LogP contribution in [0.15, 0.2) is 53.6 Å². The van der Waals surface area contributed by atoms with Gasteiger partial charge in [0.1, 0.15) is 0 Å². The van der Waals surface area contributed by atoms with Gasteiger partial charge in [-0.2, -0.15) is 5.10 Å². The number of nitrogens with one attached hydrogen (secondary N) is 1. The molecule has 0 spiro atoms. The fourth-order valence-electron chi connectivity index (χ4n) is 2.41. The zero-order chi connectivity index (χ0) is 16.2. The molecule has 0 aliphatic rings. The second kappa shape index (κ2) is 6.39. The minimum atomic E-state index is -0.295. The van der Waals surface area contributed by atoms with Crippen LogP contribution >= 0.6 is 0 Å². The van der Waals surface area contributed by atoms with Crippen molar-refractivity contribution < 1.29 is 4.79 Å². The Hall–Kier alpha value is -3.02. The standard InChI is InChI=1S/C17H16N4O2/c1-21(11-8-12-6-9-18-10-7-12)17(23)15-13-4-2-3-5-14(13)16(22)20-19-15/h2-7,9-10H,8,11H2,1H3,(H,20,22). The Morgan fingerprint density at radius 1 is 1.13 bits per heavy atom. The fourth-order valence-corrected chi connectivity index (χ4v) is 2.41. The van der Waals surface area contributed by atoms with Gasteiger partial charge in [0.05, 0.1) is 5.39 Å². The molecule has 0 fully saturated rings. The van der Waals surface area contributed by atoms with E-state index in [1.807, 2.05) is 12.1 Å². The van der Waals surface area contributed by atoms with E-state index in [0.29, 0.717) is 17.3 Å². The number of rotatable bonds is 4. The van der Waals surface area contributed by atoms with Crippen LogP contribution in [0.5, 0.6) is 0 Å². The van der Waals surface area contributed by atoms with Gasteiger partial charge in [-0.05, 0) is 30.2 Å². The van der Waals surface area contributed by atoms with E-state index in [0.717, 1.165) is 12.0 Å². The molecule has 2 aromatic heterocycles. The molecule has 23 heavy (non-hydrogen) atoms. The number of likely N-dealkylation sites (N-methyl/N-ethyl adjacent to an activating group) is 1. The first-order valence-electron chi connectivity index (χ1n) is 7.28. The van der Waals surface area contributed by atoms with Crippen LogP contribution < -0.4 is 5.56 Å². The van der Waals surface area contributed by atoms with Crippen molar-refractivity contribution in [1.82, 2.24) is 20.1 Å². The highest BCUT2D eigenvalue weighted by Crippen LogP contribution is 2.14. The highest BCUT2D eigenvalue weighted by atomic mass is 16.2. The number of aromatic nitrogens is 3. The minimum Gasteiger partial charge on any atom is -0.340 e. The molecule has 3 rings (SSSR count). The third kappa shape index (κ3) is 3.11. The van der Waals surface area contributed by atoms with Gasteiger partial charge in [-0.3, -0.25) is 14.6 Å². The number of hydrogen-bond acceptors (Lipinski definition) is 4. The van der Waals surface area contributed by atoms with Crippen LogP contribution in [0.25, 0.3) is 10.8 Å². The Morgan fingerprint density at radius 2 is 1.83 bits per heavy atom. The molecule has 6 heteroatoms. The molecule has 2 heterocycles. The predicted octanol–water partition coefficient (Wildman–Crippen LogP) is 1.63. The van der Waals surface area contributed by atoms with E-state index in [4.69, 9.17) is 0 Å². The summed E-state index contributed by atoms with van der Waals surface area (Å²) in [5, 5.41) is 7.37. The summed E-state index contributed by atoms with van der Waals surface area (Å²) in [6.07, 6.45) is 4.19. The zero-order valence-corrected chi connectivity index (χ0v) is 12.7. The Bertz CT molecular complexity index is 890. The summed E-state index contributed by atoms with van der Waals surface area (Å²) >= 11 is 0. The first-order chi connectivity index (χ1) is 11.2. The summed E-state index contributed by atoms with van der Waals surface area (Å²) in [6, 6.07) is 10.8. The van der Waals surface area contributed by atoms with Gasteiger partial charge in [-0.15, -0.1) is 0 Å². The highest BCUT2D eigenvalue weighted by molar-refractivity contribution is 6.04. The molecule has 0 unspecified atom stereocenters. The summed E-state index contributed by atoms with van der Waals surface area (Å²) in [6.45, 7) is 0.554. The lowest BCUT2D eigenvalue weighted by atomic mass is 10.1. The molecule has 3 aromatic rings. The molecule has 0 saturated carbocycles. The summed E-state index contributed by atoms with van der Waals surface area (Å²) in [5.41, 5.74) is 1.08. The Balaban J connectivity index is 1.83. The fraction of sp³-hybridized carbons (Fsp3) is 0.176. The second-order valence-corrected chi connectivity index (χ2v) is 5.28. The summed E-state index contributed by atoms with van der Waals surface area (Å²) in [5.74, 6) is -0.216. The normalized spacial score (nSPS) is 10.7. The van der Waals surface area contributed by atoms with Gasteiger partial charge in [0.25, 0.3) is 11.5 Å². The summed E-state index contributed by atoms with van der Waals surface area (Å²) in [4.78, 5) is 30.0. The van der Waals surface area contributed by atoms with E-state index in [2.05, 4.69) is 15.2 Å². The predicted molar refractivity (Wildman–Crippen MR) is 87.3 cm³/mol. The maximum absolute atomic E-state index is 12.6. The molecule has 0 atom stereocenters. The molecule has 0 bridgehead atoms. The van der Waals surface area contributed by atoms with Crippen molar-refractivity contribution in [3.63, 3.8) is 0 Å². The molecule has 1 N–H and O–H groups in total. The van der Waals surface area contributed by atoms with Crippen molar-refractivity contribution in [3.8, 4) is 0 Å². The Morgan fingerprint density at radius 3 is 2.57 bits per heavy atom. The maximum atomic E-state index is 12.6. The average molecular weight is 308 g/mol. The molecular formula is C17H16N4O2. The molecule has 1 amide bonds. The molecular weight excluding hydrogens is 292 g/mol. The molecule has 116 valence electrons. The molecule has 1 aromatic carbocycles. The van der Waals surface area contributed by atoms with Gasteiger partial charge in [0.15, 0.2) is 5.69 Å². The number of carbonyl (C=O) groups is 1. The molecule has 0 radical (unpaired) electrons. The SMILES string of the molecule is CN(CCc1ccncc1)C(=O)c1n[nH]c(=O)c2ccccc12. The first kappa shape index (κ1) is 14.9. The van der Waals surface area contributed by atoms with E-state index < -0.39 is 0 Å². The molecule has 0 aliphatic heterocycles. The average Bonchev–Trinajstić information content (AvgIpc) is 2.60. The van der Waals surface area contributed by atoms with Crippen molar-refractivity contribution in [2.24, 2.45) is 0 Å². The van der Waals surface area contributed by atoms with Gasteiger partial charge in [-0.1, -0.05) is 18.2 Å². The number of hydrogen-bond donors (Lipinski definition) is 1. The van der Waals surface area contributed by atoms with Crippen LogP contribution in [0, 0.1) is 0 Å². The topological polar surface area (TPSA) is 79.0 Å². The number of fused-ring (bicyclic) bond motifs is 1. The van der Waals surface area contributed by atoms with Gasteiger partial charge >= 0.3 is 0 Å². The molecule has 6 nitrogen and oxygen atoms in total. The summed E-state index contributed by atoms with van der Waals surface area (Å²) < 4.78 is 0. The van der Waals surface area contributed by atoms with Crippen LogP contribution in [-0.4, -0.2) is 39.6 Å². The number of H-pyrrole nitrogens is 1. The highest BCUT2D eigenvalue weighted by Gasteiger charge is 2.17. The number of benzene rings is 1. The van der Waals surface area contributed by atoms with E-state index in [-0.39, 0.29) is 17.2 Å². The van der Waals surface area contributed by atoms with Crippen molar-refractivity contribution in [2.45, 2.75) is 6.42 Å². The van der Waals surface area contributed by atoms with Crippen molar-refractivity contribution in [3.05, 3.63) is 70.4 Å². The minimum absolute atomic E-state index is 0.216. The Labute approximate surface area is 132 Å². The largest absolute Gasteiger partial charge is 0.340 e. The van der Waals surface area contributed by atoms with Crippen molar-refractivity contribution in [2.75, 3.05) is 13.6 Å². The number of nitrogens with zero attached hydrogens (tertiary/aromatic N) is 3. The number of aromatic amines is 1. The van der Waals surface area contributed by atoms with E-state index in [9.17, 15) is 9.59 Å². The quantitative estimate of drug-likeness (QED) is 0.794. The third-order valence-corrected chi connectivity index (χ3v) is 3.73. The van der Waals surface area contributed by atoms with E-state index in [1.165, 1.54) is 0 Å². The van der Waals surface area contributed by atoms with Crippen molar-refractivity contribution >= 4 is 16.7 Å². The van der Waals surface area contributed by atoms with Gasteiger partial charge < -0.3 is 4.90 Å². The van der Waals surface area contributed by atoms with Crippen molar-refractivity contribution in [1.29, 1.82) is 0 Å². The lowest BCUT2D eigenvalue weighted by Gasteiger charge is -2.17. The van der Waals surface area contributed by atoms with E-state index in [1.54, 1.807) is 48.6 Å². The first-order valence-corrected chi connectivity index (χ1v) is 7.28. The molecule has 0 saturated heterocycles. The maximum Gasteiger partial charge on any atom is 0.274 e. The van der Waals surface area contributed by atoms with Crippen LogP contribution in [0.2, 0.25) is 0 Å². The zero-order valence-electron chi connectivity index (χ0n) is 12.7. The second-order valence-electron chi connectivity index (χ2n) is 5.28. The van der Waals surface area contributed by atoms with Gasteiger partial charge in [0, 0.05) is 31.4 Å². The lowest BCUT2D eigenvalue weighted by molar-refractivity contribution is 0.0792. The third-order valence-electron chi connectivity index (χ3n) is 3.73. The number of carbonyl (C=O) groups excluding carboxylic acids is 1. The number of amides is 1. The number of pyridine rings is 1. The van der Waals surface area contributed by atoms with E-state index >= 15 is 0 Å².